The summed E-state index contributed by atoms with van der Waals surface area (Å²) in [6, 6.07) is 2.90. The molecular weight excluding hydrogens is 258 g/mol. The number of urea groups is 1. The second kappa shape index (κ2) is 6.39. The van der Waals surface area contributed by atoms with Crippen LogP contribution in [0.1, 0.15) is 32.4 Å². The van der Waals surface area contributed by atoms with Gasteiger partial charge in [0.25, 0.3) is 0 Å². The molecule has 2 amide bonds. The molecular formula is C14H23N3OS. The Morgan fingerprint density at radius 1 is 1.26 bits per heavy atom. The number of nitrogens with zero attached hydrogens (tertiary/aromatic N) is 2. The molecule has 1 aliphatic heterocycles. The third-order valence-electron chi connectivity index (χ3n) is 3.59. The van der Waals surface area contributed by atoms with Gasteiger partial charge in [-0.1, -0.05) is 0 Å². The lowest BCUT2D eigenvalue weighted by molar-refractivity contribution is 0.113. The minimum atomic E-state index is 0.0674. The molecule has 1 aromatic heterocycles. The largest absolute Gasteiger partial charge is 0.336 e. The van der Waals surface area contributed by atoms with Gasteiger partial charge in [-0.25, -0.2) is 4.79 Å². The summed E-state index contributed by atoms with van der Waals surface area (Å²) >= 11 is 1.74. The molecule has 1 aliphatic rings. The monoisotopic (exact) mass is 281 g/mol. The molecule has 1 aromatic rings. The van der Waals surface area contributed by atoms with E-state index in [2.05, 4.69) is 34.0 Å². The molecule has 19 heavy (non-hydrogen) atoms. The van der Waals surface area contributed by atoms with Crippen molar-refractivity contribution in [3.8, 4) is 0 Å². The average molecular weight is 281 g/mol. The Balaban J connectivity index is 1.84. The standard InChI is InChI=1S/C14H23N3OS/c1-11(2)15-14(18)17-7-5-16(6-8-17)12(3)13-4-9-19-10-13/h4,9-12H,5-8H2,1-3H3,(H,15,18)/t12-/m0/s1. The number of piperazine rings is 1. The predicted octanol–water partition coefficient (Wildman–Crippen LogP) is 2.54. The van der Waals surface area contributed by atoms with Crippen LogP contribution in [-0.4, -0.2) is 48.1 Å². The molecule has 0 bridgehead atoms. The van der Waals surface area contributed by atoms with Gasteiger partial charge < -0.3 is 10.2 Å². The van der Waals surface area contributed by atoms with Crippen molar-refractivity contribution in [3.05, 3.63) is 22.4 Å². The molecule has 4 nitrogen and oxygen atoms in total. The molecule has 0 unspecified atom stereocenters. The summed E-state index contributed by atoms with van der Waals surface area (Å²) in [6.45, 7) is 9.75. The summed E-state index contributed by atoms with van der Waals surface area (Å²) < 4.78 is 0. The number of hydrogen-bond acceptors (Lipinski definition) is 3. The van der Waals surface area contributed by atoms with Crippen LogP contribution in [0.3, 0.4) is 0 Å². The highest BCUT2D eigenvalue weighted by molar-refractivity contribution is 7.07. The Bertz CT molecular complexity index is 397. The smallest absolute Gasteiger partial charge is 0.317 e. The lowest BCUT2D eigenvalue weighted by atomic mass is 10.1. The van der Waals surface area contributed by atoms with Crippen LogP contribution in [0.5, 0.6) is 0 Å². The molecule has 106 valence electrons. The SMILES string of the molecule is CC(C)NC(=O)N1CCN([C@@H](C)c2ccsc2)CC1. The molecule has 1 saturated heterocycles. The van der Waals surface area contributed by atoms with Crippen molar-refractivity contribution in [3.63, 3.8) is 0 Å². The van der Waals surface area contributed by atoms with Crippen molar-refractivity contribution in [1.29, 1.82) is 0 Å². The van der Waals surface area contributed by atoms with E-state index in [1.54, 1.807) is 11.3 Å². The highest BCUT2D eigenvalue weighted by Gasteiger charge is 2.24. The molecule has 1 N–H and O–H groups in total. The zero-order valence-corrected chi connectivity index (χ0v) is 12.7. The van der Waals surface area contributed by atoms with E-state index in [0.717, 1.165) is 26.2 Å². The van der Waals surface area contributed by atoms with Crippen LogP contribution in [0, 0.1) is 0 Å². The van der Waals surface area contributed by atoms with E-state index in [1.807, 2.05) is 18.7 Å². The molecule has 1 fully saturated rings. The highest BCUT2D eigenvalue weighted by Crippen LogP contribution is 2.23. The van der Waals surface area contributed by atoms with Crippen molar-refractivity contribution >= 4 is 17.4 Å². The van der Waals surface area contributed by atoms with Crippen LogP contribution in [0.15, 0.2) is 16.8 Å². The zero-order chi connectivity index (χ0) is 13.8. The molecule has 1 atom stereocenters. The summed E-state index contributed by atoms with van der Waals surface area (Å²) in [7, 11) is 0. The van der Waals surface area contributed by atoms with Gasteiger partial charge in [0.05, 0.1) is 0 Å². The number of carbonyl (C=O) groups is 1. The van der Waals surface area contributed by atoms with E-state index in [9.17, 15) is 4.79 Å². The highest BCUT2D eigenvalue weighted by atomic mass is 32.1. The lowest BCUT2D eigenvalue weighted by Crippen LogP contribution is -2.53. The molecule has 5 heteroatoms. The van der Waals surface area contributed by atoms with E-state index >= 15 is 0 Å². The van der Waals surface area contributed by atoms with Gasteiger partial charge in [0.15, 0.2) is 0 Å². The van der Waals surface area contributed by atoms with Crippen molar-refractivity contribution < 1.29 is 4.79 Å². The number of hydrogen-bond donors (Lipinski definition) is 1. The number of nitrogens with one attached hydrogen (secondary N) is 1. The zero-order valence-electron chi connectivity index (χ0n) is 11.9. The number of carbonyl (C=O) groups excluding carboxylic acids is 1. The Hall–Kier alpha value is -1.07. The van der Waals surface area contributed by atoms with Gasteiger partial charge in [0, 0.05) is 38.3 Å². The van der Waals surface area contributed by atoms with Gasteiger partial charge in [-0.05, 0) is 43.2 Å². The van der Waals surface area contributed by atoms with Gasteiger partial charge in [-0.2, -0.15) is 11.3 Å². The summed E-state index contributed by atoms with van der Waals surface area (Å²) in [6.07, 6.45) is 0. The molecule has 2 rings (SSSR count). The lowest BCUT2D eigenvalue weighted by Gasteiger charge is -2.38. The van der Waals surface area contributed by atoms with Crippen molar-refractivity contribution in [2.45, 2.75) is 32.9 Å². The molecule has 0 saturated carbocycles. The molecule has 0 spiro atoms. The molecule has 0 aliphatic carbocycles. The second-order valence-electron chi connectivity index (χ2n) is 5.36. The van der Waals surface area contributed by atoms with Crippen molar-refractivity contribution in [1.82, 2.24) is 15.1 Å². The molecule has 2 heterocycles. The maximum Gasteiger partial charge on any atom is 0.317 e. The maximum atomic E-state index is 11.9. The molecule has 0 aromatic carbocycles. The summed E-state index contributed by atoms with van der Waals surface area (Å²) in [5.74, 6) is 0. The average Bonchev–Trinajstić information content (AvgIpc) is 2.91. The first-order valence-corrected chi connectivity index (χ1v) is 7.84. The number of rotatable bonds is 3. The Kier molecular flexibility index (Phi) is 4.82. The van der Waals surface area contributed by atoms with E-state index in [4.69, 9.17) is 0 Å². The van der Waals surface area contributed by atoms with Crippen LogP contribution in [0.25, 0.3) is 0 Å². The number of amides is 2. The Morgan fingerprint density at radius 3 is 2.47 bits per heavy atom. The molecule has 0 radical (unpaired) electrons. The van der Waals surface area contributed by atoms with E-state index < -0.39 is 0 Å². The topological polar surface area (TPSA) is 35.6 Å². The normalized spacial score (nSPS) is 18.6. The third kappa shape index (κ3) is 3.70. The second-order valence-corrected chi connectivity index (χ2v) is 6.14. The van der Waals surface area contributed by atoms with Crippen LogP contribution in [-0.2, 0) is 0 Å². The first kappa shape index (κ1) is 14.3. The van der Waals surface area contributed by atoms with Crippen molar-refractivity contribution in [2.75, 3.05) is 26.2 Å². The van der Waals surface area contributed by atoms with Gasteiger partial charge in [-0.3, -0.25) is 4.90 Å². The van der Waals surface area contributed by atoms with E-state index in [1.165, 1.54) is 5.56 Å². The Labute approximate surface area is 119 Å². The first-order chi connectivity index (χ1) is 9.08. The fourth-order valence-corrected chi connectivity index (χ4v) is 3.12. The van der Waals surface area contributed by atoms with Gasteiger partial charge in [-0.15, -0.1) is 0 Å². The minimum Gasteiger partial charge on any atom is -0.336 e. The number of thiophene rings is 1. The van der Waals surface area contributed by atoms with Gasteiger partial charge >= 0.3 is 6.03 Å². The van der Waals surface area contributed by atoms with Crippen LogP contribution < -0.4 is 5.32 Å². The summed E-state index contributed by atoms with van der Waals surface area (Å²) in [4.78, 5) is 16.3. The summed E-state index contributed by atoms with van der Waals surface area (Å²) in [5, 5.41) is 7.29. The fraction of sp³-hybridized carbons (Fsp3) is 0.643. The van der Waals surface area contributed by atoms with E-state index in [0.29, 0.717) is 6.04 Å². The summed E-state index contributed by atoms with van der Waals surface area (Å²) in [5.41, 5.74) is 1.38. The van der Waals surface area contributed by atoms with Gasteiger partial charge in [0.1, 0.15) is 0 Å². The van der Waals surface area contributed by atoms with Crippen LogP contribution in [0.2, 0.25) is 0 Å². The quantitative estimate of drug-likeness (QED) is 0.924. The third-order valence-corrected chi connectivity index (χ3v) is 4.29. The maximum absolute atomic E-state index is 11.9. The van der Waals surface area contributed by atoms with Gasteiger partial charge in [0.2, 0.25) is 0 Å². The fourth-order valence-electron chi connectivity index (χ4n) is 2.37. The van der Waals surface area contributed by atoms with Crippen LogP contribution >= 0.6 is 11.3 Å². The van der Waals surface area contributed by atoms with Crippen LogP contribution in [0.4, 0.5) is 4.79 Å². The van der Waals surface area contributed by atoms with Crippen molar-refractivity contribution in [2.24, 2.45) is 0 Å². The predicted molar refractivity (Wildman–Crippen MR) is 79.5 cm³/mol. The Morgan fingerprint density at radius 2 is 1.95 bits per heavy atom. The van der Waals surface area contributed by atoms with E-state index in [-0.39, 0.29) is 12.1 Å². The minimum absolute atomic E-state index is 0.0674. The first-order valence-electron chi connectivity index (χ1n) is 6.89.